The van der Waals surface area contributed by atoms with Gasteiger partial charge in [-0.25, -0.2) is 12.8 Å². The second-order valence-corrected chi connectivity index (χ2v) is 7.16. The first-order valence-electron chi connectivity index (χ1n) is 5.61. The third-order valence-corrected chi connectivity index (χ3v) is 5.07. The first kappa shape index (κ1) is 15.2. The van der Waals surface area contributed by atoms with Crippen molar-refractivity contribution in [2.75, 3.05) is 11.8 Å². The van der Waals surface area contributed by atoms with E-state index in [4.69, 9.17) is 11.6 Å². The number of sulfonamides is 1. The molecule has 20 heavy (non-hydrogen) atoms. The van der Waals surface area contributed by atoms with Gasteiger partial charge < -0.3 is 5.32 Å². The van der Waals surface area contributed by atoms with Crippen LogP contribution in [0.5, 0.6) is 0 Å². The molecule has 8 heteroatoms. The van der Waals surface area contributed by atoms with E-state index in [9.17, 15) is 12.8 Å². The molecule has 1 aromatic heterocycles. The highest BCUT2D eigenvalue weighted by molar-refractivity contribution is 7.92. The van der Waals surface area contributed by atoms with Gasteiger partial charge >= 0.3 is 0 Å². The first-order valence-corrected chi connectivity index (χ1v) is 8.36. The molecule has 1 heterocycles. The smallest absolute Gasteiger partial charge is 0.262 e. The molecule has 0 aliphatic heterocycles. The van der Waals surface area contributed by atoms with Gasteiger partial charge in [0, 0.05) is 21.8 Å². The lowest BCUT2D eigenvalue weighted by Gasteiger charge is -2.07. The van der Waals surface area contributed by atoms with E-state index in [0.29, 0.717) is 6.54 Å². The number of hydrogen-bond donors (Lipinski definition) is 2. The highest BCUT2D eigenvalue weighted by atomic mass is 35.5. The molecule has 4 nitrogen and oxygen atoms in total. The van der Waals surface area contributed by atoms with Crippen molar-refractivity contribution < 1.29 is 12.8 Å². The number of rotatable bonds is 5. The third kappa shape index (κ3) is 3.69. The van der Waals surface area contributed by atoms with Crippen molar-refractivity contribution in [1.82, 2.24) is 5.32 Å². The van der Waals surface area contributed by atoms with Crippen LogP contribution in [0.4, 0.5) is 10.1 Å². The number of halogens is 2. The van der Waals surface area contributed by atoms with Gasteiger partial charge in [0.05, 0.1) is 10.6 Å². The largest absolute Gasteiger partial charge is 0.315 e. The molecule has 2 rings (SSSR count). The Balaban J connectivity index is 2.25. The van der Waals surface area contributed by atoms with Gasteiger partial charge in [0.25, 0.3) is 10.0 Å². The Kier molecular flexibility index (Phi) is 4.64. The summed E-state index contributed by atoms with van der Waals surface area (Å²) in [6.07, 6.45) is 0. The van der Waals surface area contributed by atoms with Gasteiger partial charge in [0.1, 0.15) is 5.82 Å². The quantitative estimate of drug-likeness (QED) is 0.883. The maximum Gasteiger partial charge on any atom is 0.262 e. The minimum Gasteiger partial charge on any atom is -0.315 e. The lowest BCUT2D eigenvalue weighted by Crippen LogP contribution is -2.12. The Bertz CT molecular complexity index is 696. The van der Waals surface area contributed by atoms with E-state index in [0.717, 1.165) is 17.0 Å². The van der Waals surface area contributed by atoms with Crippen molar-refractivity contribution in [2.45, 2.75) is 11.4 Å². The molecule has 0 bridgehead atoms. The summed E-state index contributed by atoms with van der Waals surface area (Å²) in [5, 5.41) is 4.61. The van der Waals surface area contributed by atoms with E-state index in [1.807, 2.05) is 0 Å². The molecule has 0 radical (unpaired) electrons. The minimum absolute atomic E-state index is 0.0939. The normalized spacial score (nSPS) is 11.6. The molecule has 0 saturated heterocycles. The van der Waals surface area contributed by atoms with Gasteiger partial charge in [-0.1, -0.05) is 11.6 Å². The van der Waals surface area contributed by atoms with E-state index in [1.54, 1.807) is 13.1 Å². The Hall–Kier alpha value is -1.15. The Morgan fingerprint density at radius 2 is 2.05 bits per heavy atom. The van der Waals surface area contributed by atoms with E-state index < -0.39 is 15.8 Å². The van der Waals surface area contributed by atoms with Crippen molar-refractivity contribution >= 4 is 38.6 Å². The molecule has 0 unspecified atom stereocenters. The molecule has 2 N–H and O–H groups in total. The Morgan fingerprint density at radius 1 is 1.30 bits per heavy atom. The molecule has 0 saturated carbocycles. The molecule has 0 fully saturated rings. The summed E-state index contributed by atoms with van der Waals surface area (Å²) in [6.45, 7) is 0.589. The molecule has 2 aromatic rings. The van der Waals surface area contributed by atoms with Gasteiger partial charge in [0.15, 0.2) is 0 Å². The Labute approximate surface area is 125 Å². The van der Waals surface area contributed by atoms with Crippen LogP contribution in [0.2, 0.25) is 5.02 Å². The highest BCUT2D eigenvalue weighted by Gasteiger charge is 2.17. The van der Waals surface area contributed by atoms with Crippen LogP contribution in [-0.2, 0) is 16.6 Å². The number of thiophene rings is 1. The van der Waals surface area contributed by atoms with Crippen LogP contribution in [0.15, 0.2) is 34.5 Å². The van der Waals surface area contributed by atoms with Crippen molar-refractivity contribution in [3.63, 3.8) is 0 Å². The average molecular weight is 335 g/mol. The lowest BCUT2D eigenvalue weighted by molar-refractivity contribution is 0.601. The Morgan fingerprint density at radius 3 is 2.70 bits per heavy atom. The van der Waals surface area contributed by atoms with Crippen LogP contribution in [0, 0.1) is 5.82 Å². The third-order valence-electron chi connectivity index (χ3n) is 2.41. The van der Waals surface area contributed by atoms with Gasteiger partial charge in [-0.15, -0.1) is 11.3 Å². The monoisotopic (exact) mass is 334 g/mol. The zero-order chi connectivity index (χ0) is 14.8. The molecule has 0 aliphatic rings. The maximum absolute atomic E-state index is 13.2. The molecule has 0 amide bonds. The number of hydrogen-bond acceptors (Lipinski definition) is 4. The van der Waals surface area contributed by atoms with Gasteiger partial charge in [-0.2, -0.15) is 0 Å². The predicted octanol–water partition coefficient (Wildman–Crippen LogP) is 3.06. The van der Waals surface area contributed by atoms with Crippen LogP contribution in [-0.4, -0.2) is 15.5 Å². The summed E-state index contributed by atoms with van der Waals surface area (Å²) in [7, 11) is -1.96. The summed E-state index contributed by atoms with van der Waals surface area (Å²) < 4.78 is 39.8. The summed E-state index contributed by atoms with van der Waals surface area (Å²) in [5.41, 5.74) is 0.0939. The molecule has 0 aliphatic carbocycles. The van der Waals surface area contributed by atoms with E-state index in [1.165, 1.54) is 22.8 Å². The summed E-state index contributed by atoms with van der Waals surface area (Å²) in [6, 6.07) is 5.10. The van der Waals surface area contributed by atoms with Crippen LogP contribution >= 0.6 is 22.9 Å². The fourth-order valence-corrected chi connectivity index (χ4v) is 4.14. The fourth-order valence-electron chi connectivity index (χ4n) is 1.60. The lowest BCUT2D eigenvalue weighted by atomic mass is 10.3. The summed E-state index contributed by atoms with van der Waals surface area (Å²) in [4.78, 5) is 1.04. The number of anilines is 1. The van der Waals surface area contributed by atoms with Crippen molar-refractivity contribution in [3.05, 3.63) is 45.4 Å². The standard InChI is InChI=1S/C12H12ClFN2O2S2/c1-15-6-11-5-12(7-19-11)20(17,18)16-10-3-8(13)2-9(14)4-10/h2-5,7,15-16H,6H2,1H3. The first-order chi connectivity index (χ1) is 9.40. The fraction of sp³-hybridized carbons (Fsp3) is 0.167. The second-order valence-electron chi connectivity index (χ2n) is 4.04. The minimum atomic E-state index is -3.74. The van der Waals surface area contributed by atoms with Crippen molar-refractivity contribution in [2.24, 2.45) is 0 Å². The topological polar surface area (TPSA) is 58.2 Å². The van der Waals surface area contributed by atoms with Gasteiger partial charge in [0.2, 0.25) is 0 Å². The average Bonchev–Trinajstić information content (AvgIpc) is 2.76. The molecule has 108 valence electrons. The van der Waals surface area contributed by atoms with Gasteiger partial charge in [-0.3, -0.25) is 4.72 Å². The van der Waals surface area contributed by atoms with E-state index in [-0.39, 0.29) is 15.6 Å². The predicted molar refractivity (Wildman–Crippen MR) is 79.3 cm³/mol. The molecule has 0 spiro atoms. The second kappa shape index (κ2) is 6.09. The van der Waals surface area contributed by atoms with E-state index >= 15 is 0 Å². The number of nitrogens with one attached hydrogen (secondary N) is 2. The molecule has 1 aromatic carbocycles. The molecular weight excluding hydrogens is 323 g/mol. The SMILES string of the molecule is CNCc1cc(S(=O)(=O)Nc2cc(F)cc(Cl)c2)cs1. The molecular formula is C12H12ClFN2O2S2. The number of benzene rings is 1. The summed E-state index contributed by atoms with van der Waals surface area (Å²) >= 11 is 7.03. The summed E-state index contributed by atoms with van der Waals surface area (Å²) in [5.74, 6) is -0.601. The van der Waals surface area contributed by atoms with Crippen LogP contribution in [0.25, 0.3) is 0 Å². The van der Waals surface area contributed by atoms with Crippen LogP contribution in [0.1, 0.15) is 4.88 Å². The van der Waals surface area contributed by atoms with Crippen LogP contribution < -0.4 is 10.0 Å². The van der Waals surface area contributed by atoms with Gasteiger partial charge in [-0.05, 0) is 31.3 Å². The zero-order valence-electron chi connectivity index (χ0n) is 10.5. The van der Waals surface area contributed by atoms with Crippen molar-refractivity contribution in [3.8, 4) is 0 Å². The van der Waals surface area contributed by atoms with Crippen molar-refractivity contribution in [1.29, 1.82) is 0 Å². The van der Waals surface area contributed by atoms with Crippen LogP contribution in [0.3, 0.4) is 0 Å². The molecule has 0 atom stereocenters. The zero-order valence-corrected chi connectivity index (χ0v) is 12.9. The highest BCUT2D eigenvalue weighted by Crippen LogP contribution is 2.24. The maximum atomic E-state index is 13.2. The van der Waals surface area contributed by atoms with E-state index in [2.05, 4.69) is 10.0 Å².